The molecule has 0 bridgehead atoms. The van der Waals surface area contributed by atoms with E-state index in [1.807, 2.05) is 125 Å². The second-order valence-corrected chi connectivity index (χ2v) is 18.8. The van der Waals surface area contributed by atoms with Crippen LogP contribution in [0, 0.1) is 0 Å². The van der Waals surface area contributed by atoms with Crippen LogP contribution in [0.4, 0.5) is 22.7 Å². The molecule has 0 heterocycles. The van der Waals surface area contributed by atoms with Crippen molar-refractivity contribution in [3.63, 3.8) is 0 Å². The van der Waals surface area contributed by atoms with Gasteiger partial charge in [-0.05, 0) is 144 Å². The van der Waals surface area contributed by atoms with Crippen molar-refractivity contribution in [2.24, 2.45) is 4.99 Å². The zero-order chi connectivity index (χ0) is 54.2. The minimum atomic E-state index is 0. The standard InChI is InChI=1S/4C14H22N3O.4Li/c4*1-10(2)15-14(16-11(3)4)17-12-8-6-7-9-13(12)18-5;;;;/h4*6-11H,1-5H3,(H-,15,16,17);;;;/q4*-1;4*+1/p+3. The molecule has 0 aliphatic heterocycles. The number of methoxy groups -OCH3 is 4. The second kappa shape index (κ2) is 44.5. The van der Waals surface area contributed by atoms with E-state index in [0.717, 1.165) is 63.6 Å². The molecule has 0 aliphatic carbocycles. The Morgan fingerprint density at radius 1 is 0.408 bits per heavy atom. The zero-order valence-corrected chi connectivity index (χ0v) is 51.2. The number of para-hydroxylation sites is 8. The van der Waals surface area contributed by atoms with Gasteiger partial charge in [-0.2, -0.15) is 0 Å². The molecule has 4 rings (SSSR count). The first-order chi connectivity index (χ1) is 34.1. The normalized spacial score (nSPS) is 11.2. The number of nitrogens with zero attached hydrogens (tertiary/aromatic N) is 5. The third kappa shape index (κ3) is 35.8. The van der Waals surface area contributed by atoms with E-state index >= 15 is 0 Å². The van der Waals surface area contributed by atoms with Crippen molar-refractivity contribution < 1.29 is 109 Å². The molecular formula is C56H91Li4N12O4+3. The van der Waals surface area contributed by atoms with E-state index in [-0.39, 0.29) is 87.5 Å². The summed E-state index contributed by atoms with van der Waals surface area (Å²) in [5, 5.41) is 31.3. The van der Waals surface area contributed by atoms with Crippen LogP contribution in [0.25, 0.3) is 21.3 Å². The minimum Gasteiger partial charge on any atom is -0.496 e. The van der Waals surface area contributed by atoms with E-state index in [2.05, 4.69) is 146 Å². The molecule has 0 aliphatic rings. The van der Waals surface area contributed by atoms with Crippen molar-refractivity contribution >= 4 is 46.6 Å². The van der Waals surface area contributed by atoms with Gasteiger partial charge < -0.3 is 65.5 Å². The first-order valence-electron chi connectivity index (χ1n) is 25.0. The van der Waals surface area contributed by atoms with Gasteiger partial charge in [0.15, 0.2) is 17.9 Å². The summed E-state index contributed by atoms with van der Waals surface area (Å²) in [5.74, 6) is 6.04. The van der Waals surface area contributed by atoms with Crippen molar-refractivity contribution in [1.82, 2.24) is 16.0 Å². The Bertz CT molecular complexity index is 1930. The summed E-state index contributed by atoms with van der Waals surface area (Å²) in [4.78, 5) is 14.4. The summed E-state index contributed by atoms with van der Waals surface area (Å²) in [7, 11) is 6.61. The van der Waals surface area contributed by atoms with Crippen molar-refractivity contribution in [3.05, 3.63) is 118 Å². The maximum atomic E-state index is 5.30. The summed E-state index contributed by atoms with van der Waals surface area (Å²) in [6, 6.07) is 33.2. The average molecular weight is 1020 g/mol. The van der Waals surface area contributed by atoms with Crippen LogP contribution in [-0.4, -0.2) is 101 Å². The van der Waals surface area contributed by atoms with Crippen LogP contribution in [0.15, 0.2) is 102 Å². The average Bonchev–Trinajstić information content (AvgIpc) is 3.28. The minimum absolute atomic E-state index is 0. The molecule has 0 aromatic heterocycles. The monoisotopic (exact) mass is 1020 g/mol. The van der Waals surface area contributed by atoms with Gasteiger partial charge in [-0.15, -0.1) is 0 Å². The Hall–Kier alpha value is -4.45. The fourth-order valence-electron chi connectivity index (χ4n) is 5.94. The molecule has 0 atom stereocenters. The Morgan fingerprint density at radius 3 is 0.934 bits per heavy atom. The van der Waals surface area contributed by atoms with Gasteiger partial charge >= 0.3 is 75.4 Å². The van der Waals surface area contributed by atoms with Gasteiger partial charge in [0.2, 0.25) is 0 Å². The van der Waals surface area contributed by atoms with Gasteiger partial charge in [-0.25, -0.2) is 16.0 Å². The van der Waals surface area contributed by atoms with Gasteiger partial charge in [-0.3, -0.25) is 0 Å². The van der Waals surface area contributed by atoms with Crippen molar-refractivity contribution in [3.8, 4) is 23.0 Å². The zero-order valence-electron chi connectivity index (χ0n) is 51.2. The van der Waals surface area contributed by atoms with Crippen LogP contribution >= 0.6 is 0 Å². The number of rotatable bonds is 16. The maximum absolute atomic E-state index is 5.30. The summed E-state index contributed by atoms with van der Waals surface area (Å²) >= 11 is 0. The molecule has 20 heteroatoms. The van der Waals surface area contributed by atoms with Crippen molar-refractivity contribution in [2.45, 2.75) is 159 Å². The van der Waals surface area contributed by atoms with Gasteiger partial charge in [0, 0.05) is 47.9 Å². The van der Waals surface area contributed by atoms with Gasteiger partial charge in [0.05, 0.1) is 28.4 Å². The fourth-order valence-corrected chi connectivity index (χ4v) is 5.94. The molecule has 0 saturated carbocycles. The van der Waals surface area contributed by atoms with Crippen molar-refractivity contribution in [2.75, 3.05) is 33.8 Å². The Balaban J connectivity index is -0.000000447. The smallest absolute Gasteiger partial charge is 0.496 e. The summed E-state index contributed by atoms with van der Waals surface area (Å²) < 4.78 is 21.2. The first kappa shape index (κ1) is 78.0. The van der Waals surface area contributed by atoms with E-state index < -0.39 is 0 Å². The van der Waals surface area contributed by atoms with E-state index in [4.69, 9.17) is 18.9 Å². The summed E-state index contributed by atoms with van der Waals surface area (Å²) in [6.45, 7) is 33.1. The fraction of sp³-hybridized carbons (Fsp3) is 0.500. The molecule has 16 nitrogen and oxygen atoms in total. The number of guanidine groups is 4. The second-order valence-electron chi connectivity index (χ2n) is 18.8. The third-order valence-electron chi connectivity index (χ3n) is 8.62. The molecule has 0 spiro atoms. The first-order valence-corrected chi connectivity index (χ1v) is 25.0. The van der Waals surface area contributed by atoms with Crippen LogP contribution in [-0.2, 0) is 0 Å². The van der Waals surface area contributed by atoms with Crippen LogP contribution < -0.4 is 131 Å². The Morgan fingerprint density at radius 2 is 0.684 bits per heavy atom. The van der Waals surface area contributed by atoms with Gasteiger partial charge in [-0.1, -0.05) is 76.2 Å². The molecular weight excluding hydrogens is 932 g/mol. The number of hydrogen-bond donors (Lipinski definition) is 7. The van der Waals surface area contributed by atoms with Crippen LogP contribution in [0.3, 0.4) is 0 Å². The molecule has 0 radical (unpaired) electrons. The summed E-state index contributed by atoms with van der Waals surface area (Å²) in [5.41, 5.74) is 3.33. The predicted octanol–water partition coefficient (Wildman–Crippen LogP) is -3.70. The number of hydrogen-bond acceptors (Lipinski definition) is 5. The van der Waals surface area contributed by atoms with Crippen LogP contribution in [0.2, 0.25) is 0 Å². The topological polar surface area (TPSA) is 196 Å². The van der Waals surface area contributed by atoms with Crippen molar-refractivity contribution in [1.29, 1.82) is 0 Å². The molecule has 0 saturated heterocycles. The number of benzene rings is 4. The Kier molecular flexibility index (Phi) is 45.7. The van der Waals surface area contributed by atoms with E-state index in [1.54, 1.807) is 28.4 Å². The van der Waals surface area contributed by atoms with Gasteiger partial charge in [0.25, 0.3) is 0 Å². The van der Waals surface area contributed by atoms with E-state index in [0.29, 0.717) is 42.2 Å². The third-order valence-corrected chi connectivity index (χ3v) is 8.62. The quantitative estimate of drug-likeness (QED) is 0.0339. The van der Waals surface area contributed by atoms with Crippen LogP contribution in [0.5, 0.6) is 23.0 Å². The number of nitrogens with one attached hydrogen (secondary N) is 7. The molecule has 0 unspecified atom stereocenters. The van der Waals surface area contributed by atoms with E-state index in [9.17, 15) is 0 Å². The molecule has 7 N–H and O–H groups in total. The van der Waals surface area contributed by atoms with Crippen LogP contribution in [0.1, 0.15) is 111 Å². The number of anilines is 1. The summed E-state index contributed by atoms with van der Waals surface area (Å²) in [6.07, 6.45) is 0. The molecule has 4 aromatic rings. The molecule has 400 valence electrons. The Labute approximate surface area is 507 Å². The maximum Gasteiger partial charge on any atom is 1.00 e. The molecule has 0 amide bonds. The van der Waals surface area contributed by atoms with Gasteiger partial charge in [0.1, 0.15) is 40.1 Å². The number of aliphatic imine (C=N–C) groups is 1. The predicted molar refractivity (Wildman–Crippen MR) is 304 cm³/mol. The number of ether oxygens (including phenoxy) is 4. The molecule has 0 fully saturated rings. The largest absolute Gasteiger partial charge is 1.00 e. The molecule has 4 aromatic carbocycles. The van der Waals surface area contributed by atoms with E-state index in [1.165, 1.54) is 0 Å². The SMILES string of the molecule is COc1ccccc1NC(=NC(C)C)[N-]C(C)C.COc1ccccc1[N-]C(NC(C)C)=[NH+]C(C)C.COc1ccccc1[N-]C(NC(C)C)=[NH+]C(C)C.COc1ccccc1[N-]C(NC(C)C)=[NH+]C(C)C.[Li+].[Li+].[Li+].[Li+]. The molecule has 76 heavy (non-hydrogen) atoms.